The molecule has 0 bridgehead atoms. The fourth-order valence-electron chi connectivity index (χ4n) is 3.56. The van der Waals surface area contributed by atoms with E-state index in [0.717, 1.165) is 56.0 Å². The molecule has 1 heterocycles. The summed E-state index contributed by atoms with van der Waals surface area (Å²) < 4.78 is 0. The van der Waals surface area contributed by atoms with Crippen molar-refractivity contribution in [1.82, 2.24) is 9.80 Å². The molecule has 0 radical (unpaired) electrons. The maximum atomic E-state index is 13.1. The number of carbonyl (C=O) groups is 1. The molecule has 1 aromatic rings. The second kappa shape index (κ2) is 17.1. The van der Waals surface area contributed by atoms with Crippen molar-refractivity contribution in [3.05, 3.63) is 39.1 Å². The van der Waals surface area contributed by atoms with Crippen LogP contribution in [0.15, 0.2) is 28.9 Å². The minimum absolute atomic E-state index is 0.0452. The van der Waals surface area contributed by atoms with Crippen LogP contribution >= 0.6 is 0 Å². The van der Waals surface area contributed by atoms with E-state index in [4.69, 9.17) is 20.2 Å². The number of hydrogen-bond donors (Lipinski definition) is 3. The van der Waals surface area contributed by atoms with Gasteiger partial charge in [-0.2, -0.15) is 0 Å². The first-order valence-corrected chi connectivity index (χ1v) is 10.7. The Bertz CT molecular complexity index is 633. The fourth-order valence-corrected chi connectivity index (χ4v) is 3.56. The number of nitrogens with one attached hydrogen (secondary N) is 1. The Morgan fingerprint density at radius 3 is 2.06 bits per heavy atom. The van der Waals surface area contributed by atoms with Crippen molar-refractivity contribution >= 4 is 11.6 Å². The van der Waals surface area contributed by atoms with Crippen LogP contribution in [0.2, 0.25) is 0 Å². The number of benzene rings is 1. The number of amides is 1. The van der Waals surface area contributed by atoms with Crippen LogP contribution < -0.4 is 5.32 Å². The van der Waals surface area contributed by atoms with Gasteiger partial charge in [-0.25, -0.2) is 0 Å². The van der Waals surface area contributed by atoms with E-state index in [1.165, 1.54) is 29.9 Å². The van der Waals surface area contributed by atoms with Crippen molar-refractivity contribution < 1.29 is 15.2 Å². The van der Waals surface area contributed by atoms with Crippen LogP contribution in [0.25, 0.3) is 0 Å². The molecule has 1 atom stereocenters. The molecule has 1 aliphatic rings. The number of anilines is 1. The lowest BCUT2D eigenvalue weighted by molar-refractivity contribution is -0.123. The molecule has 0 saturated carbocycles. The molecule has 1 saturated heterocycles. The number of piperazine rings is 1. The van der Waals surface area contributed by atoms with Crippen molar-refractivity contribution in [1.29, 1.82) is 0 Å². The summed E-state index contributed by atoms with van der Waals surface area (Å²) >= 11 is 0. The minimum atomic E-state index is -0.0452. The van der Waals surface area contributed by atoms with Crippen LogP contribution in [0, 0.1) is 23.7 Å². The SMILES string of the molecule is CCCCN1CCN(CCCC)[C@@H](C(=O)Nc2c(C)cccc2C)C1.O=NO.O=NO. The predicted octanol–water partition coefficient (Wildman–Crippen LogP) is 4.11. The van der Waals surface area contributed by atoms with Crippen LogP contribution in [0.5, 0.6) is 0 Å². The lowest BCUT2D eigenvalue weighted by Gasteiger charge is -2.40. The average Bonchev–Trinajstić information content (AvgIpc) is 2.74. The highest BCUT2D eigenvalue weighted by Gasteiger charge is 2.32. The number of aryl methyl sites for hydroxylation is 2. The maximum Gasteiger partial charge on any atom is 0.243 e. The molecule has 0 spiro atoms. The summed E-state index contributed by atoms with van der Waals surface area (Å²) in [4.78, 5) is 34.2. The molecule has 1 aromatic carbocycles. The molecular formula is C21H37N5O5. The van der Waals surface area contributed by atoms with E-state index in [0.29, 0.717) is 0 Å². The van der Waals surface area contributed by atoms with E-state index in [1.54, 1.807) is 0 Å². The Labute approximate surface area is 184 Å². The Hall–Kier alpha value is -2.59. The molecule has 3 N–H and O–H groups in total. The number of unbranched alkanes of at least 4 members (excludes halogenated alkanes) is 2. The van der Waals surface area contributed by atoms with Gasteiger partial charge in [0.25, 0.3) is 0 Å². The standard InChI is InChI=1S/C21H35N3O.2HNO2/c1-5-7-12-23-14-15-24(13-8-6-2)19(16-23)21(25)22-20-17(3)10-9-11-18(20)4;2*2-1-3/h9-11,19H,5-8,12-16H2,1-4H3,(H,22,25);2*(H,2,3)/t19-;;/m1../s1. The van der Waals surface area contributed by atoms with E-state index in [1.807, 2.05) is 6.07 Å². The van der Waals surface area contributed by atoms with Crippen molar-refractivity contribution in [2.24, 2.45) is 10.7 Å². The molecule has 0 unspecified atom stereocenters. The highest BCUT2D eigenvalue weighted by atomic mass is 16.6. The predicted molar refractivity (Wildman–Crippen MR) is 121 cm³/mol. The Morgan fingerprint density at radius 1 is 1.03 bits per heavy atom. The number of rotatable bonds is 8. The van der Waals surface area contributed by atoms with Crippen LogP contribution in [0.1, 0.15) is 50.7 Å². The van der Waals surface area contributed by atoms with Gasteiger partial charge in [0.1, 0.15) is 6.04 Å². The molecule has 1 amide bonds. The summed E-state index contributed by atoms with van der Waals surface area (Å²) in [7, 11) is 0. The summed E-state index contributed by atoms with van der Waals surface area (Å²) in [5.74, 6) is 0.148. The monoisotopic (exact) mass is 439 g/mol. The van der Waals surface area contributed by atoms with Gasteiger partial charge in [-0.3, -0.25) is 14.6 Å². The van der Waals surface area contributed by atoms with Gasteiger partial charge < -0.3 is 15.7 Å². The molecule has 2 rings (SSSR count). The van der Waals surface area contributed by atoms with Gasteiger partial charge >= 0.3 is 0 Å². The van der Waals surface area contributed by atoms with Crippen molar-refractivity contribution in [2.75, 3.05) is 38.0 Å². The third-order valence-electron chi connectivity index (χ3n) is 5.23. The zero-order valence-corrected chi connectivity index (χ0v) is 19.1. The summed E-state index contributed by atoms with van der Waals surface area (Å²) in [6.45, 7) is 13.6. The Morgan fingerprint density at radius 2 is 1.55 bits per heavy atom. The number of nitrogens with zero attached hydrogens (tertiary/aromatic N) is 4. The summed E-state index contributed by atoms with van der Waals surface area (Å²) in [6, 6.07) is 6.12. The van der Waals surface area contributed by atoms with Crippen LogP contribution in [-0.2, 0) is 4.79 Å². The third-order valence-corrected chi connectivity index (χ3v) is 5.23. The van der Waals surface area contributed by atoms with Crippen molar-refractivity contribution in [3.8, 4) is 0 Å². The molecule has 10 nitrogen and oxygen atoms in total. The number of hydrogen-bond acceptors (Lipinski definition) is 7. The summed E-state index contributed by atoms with van der Waals surface area (Å²) in [6.07, 6.45) is 4.74. The normalized spacial score (nSPS) is 16.2. The molecule has 0 aliphatic carbocycles. The first-order chi connectivity index (χ1) is 14.9. The van der Waals surface area contributed by atoms with Crippen molar-refractivity contribution in [2.45, 2.75) is 59.4 Å². The van der Waals surface area contributed by atoms with Crippen LogP contribution in [0.3, 0.4) is 0 Å². The first kappa shape index (κ1) is 28.4. The largest absolute Gasteiger partial charge is 0.379 e. The first-order valence-electron chi connectivity index (χ1n) is 10.7. The smallest absolute Gasteiger partial charge is 0.243 e. The van der Waals surface area contributed by atoms with Gasteiger partial charge in [-0.15, -0.1) is 9.81 Å². The molecule has 10 heteroatoms. The highest BCUT2D eigenvalue weighted by molar-refractivity contribution is 5.96. The van der Waals surface area contributed by atoms with Crippen molar-refractivity contribution in [3.63, 3.8) is 0 Å². The van der Waals surface area contributed by atoms with Gasteiger partial charge in [0.05, 0.1) is 0 Å². The summed E-state index contributed by atoms with van der Waals surface area (Å²) in [5, 5.41) is 19.0. The molecule has 1 aliphatic heterocycles. The molecule has 0 aromatic heterocycles. The maximum absolute atomic E-state index is 13.1. The topological polar surface area (TPSA) is 135 Å². The van der Waals surface area contributed by atoms with Gasteiger partial charge in [-0.1, -0.05) is 44.9 Å². The van der Waals surface area contributed by atoms with E-state index in [-0.39, 0.29) is 11.9 Å². The highest BCUT2D eigenvalue weighted by Crippen LogP contribution is 2.21. The second-order valence-corrected chi connectivity index (χ2v) is 7.48. The van der Waals surface area contributed by atoms with Gasteiger partial charge in [0, 0.05) is 25.3 Å². The van der Waals surface area contributed by atoms with E-state index < -0.39 is 0 Å². The lowest BCUT2D eigenvalue weighted by Crippen LogP contribution is -2.58. The number of para-hydroxylation sites is 1. The van der Waals surface area contributed by atoms with Gasteiger partial charge in [0.2, 0.25) is 5.91 Å². The molecular weight excluding hydrogens is 402 g/mol. The zero-order valence-electron chi connectivity index (χ0n) is 19.1. The Balaban J connectivity index is 0.00000134. The minimum Gasteiger partial charge on any atom is -0.379 e. The third kappa shape index (κ3) is 10.8. The quantitative estimate of drug-likeness (QED) is 0.410. The zero-order chi connectivity index (χ0) is 23.6. The number of carbonyl (C=O) groups excluding carboxylic acids is 1. The van der Waals surface area contributed by atoms with Gasteiger partial charge in [-0.05, 0) is 50.9 Å². The second-order valence-electron chi connectivity index (χ2n) is 7.48. The molecule has 176 valence electrons. The molecule has 1 fully saturated rings. The van der Waals surface area contributed by atoms with E-state index in [2.05, 4.69) is 54.9 Å². The van der Waals surface area contributed by atoms with Crippen LogP contribution in [-0.4, -0.2) is 64.9 Å². The van der Waals surface area contributed by atoms with Crippen LogP contribution in [0.4, 0.5) is 5.69 Å². The van der Waals surface area contributed by atoms with Gasteiger partial charge in [0.15, 0.2) is 10.7 Å². The van der Waals surface area contributed by atoms with E-state index >= 15 is 0 Å². The lowest BCUT2D eigenvalue weighted by atomic mass is 10.1. The Kier molecular flexibility index (Phi) is 15.7. The fraction of sp³-hybridized carbons (Fsp3) is 0.667. The summed E-state index contributed by atoms with van der Waals surface area (Å²) in [5.41, 5.74) is 3.24. The molecule has 31 heavy (non-hydrogen) atoms. The van der Waals surface area contributed by atoms with E-state index in [9.17, 15) is 4.79 Å². The average molecular weight is 440 g/mol.